The van der Waals surface area contributed by atoms with E-state index in [1.54, 1.807) is 0 Å². The fourth-order valence-corrected chi connectivity index (χ4v) is 3.63. The van der Waals surface area contributed by atoms with Crippen molar-refractivity contribution in [1.29, 1.82) is 0 Å². The van der Waals surface area contributed by atoms with E-state index in [2.05, 4.69) is 24.5 Å². The Kier molecular flexibility index (Phi) is 3.36. The third kappa shape index (κ3) is 1.70. The van der Waals surface area contributed by atoms with Gasteiger partial charge in [0.05, 0.1) is 10.8 Å². The van der Waals surface area contributed by atoms with Crippen LogP contribution in [0.25, 0.3) is 0 Å². The molecule has 0 radical (unpaired) electrons. The van der Waals surface area contributed by atoms with Crippen molar-refractivity contribution < 1.29 is 4.79 Å². The van der Waals surface area contributed by atoms with E-state index in [1.807, 2.05) is 0 Å². The maximum absolute atomic E-state index is 12.8. The second-order valence-electron chi connectivity index (χ2n) is 5.60. The van der Waals surface area contributed by atoms with E-state index in [-0.39, 0.29) is 10.8 Å². The van der Waals surface area contributed by atoms with Crippen LogP contribution in [0, 0.1) is 10.8 Å². The van der Waals surface area contributed by atoms with Crippen molar-refractivity contribution in [3.8, 4) is 0 Å². The van der Waals surface area contributed by atoms with Crippen molar-refractivity contribution in [1.82, 2.24) is 10.6 Å². The lowest BCUT2D eigenvalue weighted by atomic mass is 9.61. The number of ketones is 1. The molecule has 0 amide bonds. The van der Waals surface area contributed by atoms with E-state index in [4.69, 9.17) is 0 Å². The number of fused-ring (bicyclic) bond motifs is 2. The summed E-state index contributed by atoms with van der Waals surface area (Å²) in [5, 5.41) is 7.02. The summed E-state index contributed by atoms with van der Waals surface area (Å²) in [4.78, 5) is 12.8. The van der Waals surface area contributed by atoms with Crippen LogP contribution in [0.4, 0.5) is 0 Å². The zero-order valence-electron chi connectivity index (χ0n) is 10.6. The molecule has 2 N–H and O–H groups in total. The summed E-state index contributed by atoms with van der Waals surface area (Å²) in [5.41, 5.74) is -0.221. The molecule has 2 rings (SSSR count). The summed E-state index contributed by atoms with van der Waals surface area (Å²) >= 11 is 0. The number of nitrogens with one attached hydrogen (secondary N) is 2. The van der Waals surface area contributed by atoms with Gasteiger partial charge in [0.15, 0.2) is 0 Å². The molecule has 3 heteroatoms. The molecule has 2 fully saturated rings. The molecule has 2 heterocycles. The van der Waals surface area contributed by atoms with E-state index < -0.39 is 0 Å². The van der Waals surface area contributed by atoms with E-state index in [0.29, 0.717) is 5.78 Å². The van der Waals surface area contributed by atoms with Crippen molar-refractivity contribution in [2.75, 3.05) is 26.2 Å². The molecule has 2 aliphatic rings. The van der Waals surface area contributed by atoms with Gasteiger partial charge in [-0.3, -0.25) is 4.79 Å². The Hall–Kier alpha value is -0.410. The molecule has 0 aromatic carbocycles. The highest BCUT2D eigenvalue weighted by Gasteiger charge is 2.54. The highest BCUT2D eigenvalue weighted by Crippen LogP contribution is 2.41. The molecule has 2 aliphatic heterocycles. The van der Waals surface area contributed by atoms with Crippen molar-refractivity contribution in [3.05, 3.63) is 0 Å². The van der Waals surface area contributed by atoms with Crippen molar-refractivity contribution in [2.45, 2.75) is 39.5 Å². The number of Topliss-reactive ketones (excluding diaryl/α,β-unsaturated/α-hetero) is 1. The smallest absolute Gasteiger partial charge is 0.150 e. The summed E-state index contributed by atoms with van der Waals surface area (Å²) in [5.74, 6) is 0.543. The zero-order chi connectivity index (χ0) is 11.6. The molecule has 2 saturated heterocycles. The molecule has 0 aliphatic carbocycles. The quantitative estimate of drug-likeness (QED) is 0.757. The van der Waals surface area contributed by atoms with Crippen molar-refractivity contribution in [2.24, 2.45) is 10.8 Å². The average Bonchev–Trinajstić information content (AvgIpc) is 2.23. The molecule has 92 valence electrons. The van der Waals surface area contributed by atoms with Gasteiger partial charge in [0.25, 0.3) is 0 Å². The number of rotatable bonds is 4. The fourth-order valence-electron chi connectivity index (χ4n) is 3.63. The maximum Gasteiger partial charge on any atom is 0.150 e. The topological polar surface area (TPSA) is 41.1 Å². The van der Waals surface area contributed by atoms with Crippen LogP contribution in [0.2, 0.25) is 0 Å². The van der Waals surface area contributed by atoms with Gasteiger partial charge in [-0.2, -0.15) is 0 Å². The van der Waals surface area contributed by atoms with Gasteiger partial charge >= 0.3 is 0 Å². The number of carbonyl (C=O) groups is 1. The Morgan fingerprint density at radius 2 is 1.31 bits per heavy atom. The predicted molar refractivity (Wildman–Crippen MR) is 65.4 cm³/mol. The monoisotopic (exact) mass is 224 g/mol. The first kappa shape index (κ1) is 12.1. The Morgan fingerprint density at radius 3 is 1.62 bits per heavy atom. The van der Waals surface area contributed by atoms with Gasteiger partial charge in [-0.15, -0.1) is 0 Å². The molecule has 2 bridgehead atoms. The molecule has 0 aromatic heterocycles. The summed E-state index contributed by atoms with van der Waals surface area (Å²) in [7, 11) is 0. The summed E-state index contributed by atoms with van der Waals surface area (Å²) < 4.78 is 0. The number of piperidine rings is 2. The lowest BCUT2D eigenvalue weighted by Gasteiger charge is -2.51. The standard InChI is InChI=1S/C13H24N2O/c1-3-5-12-7-14-9-13(6-4-2,11(12)16)10-15-8-12/h14-15H,3-10H2,1-2H3. The second kappa shape index (κ2) is 4.46. The number of hydrogen-bond donors (Lipinski definition) is 2. The van der Waals surface area contributed by atoms with Crippen LogP contribution < -0.4 is 10.6 Å². The minimum Gasteiger partial charge on any atom is -0.315 e. The zero-order valence-corrected chi connectivity index (χ0v) is 10.6. The minimum absolute atomic E-state index is 0.111. The van der Waals surface area contributed by atoms with Gasteiger partial charge in [-0.25, -0.2) is 0 Å². The van der Waals surface area contributed by atoms with E-state index in [0.717, 1.165) is 51.9 Å². The Labute approximate surface area is 98.4 Å². The minimum atomic E-state index is -0.111. The van der Waals surface area contributed by atoms with Crippen LogP contribution in [0.15, 0.2) is 0 Å². The van der Waals surface area contributed by atoms with Crippen LogP contribution in [0.5, 0.6) is 0 Å². The van der Waals surface area contributed by atoms with Crippen LogP contribution >= 0.6 is 0 Å². The van der Waals surface area contributed by atoms with E-state index >= 15 is 0 Å². The predicted octanol–water partition coefficient (Wildman–Crippen LogP) is 1.33. The van der Waals surface area contributed by atoms with Crippen LogP contribution in [0.1, 0.15) is 39.5 Å². The summed E-state index contributed by atoms with van der Waals surface area (Å²) in [6.07, 6.45) is 4.24. The molecule has 0 unspecified atom stereocenters. The Balaban J connectivity index is 2.25. The Morgan fingerprint density at radius 1 is 0.938 bits per heavy atom. The Bertz CT molecular complexity index is 230. The second-order valence-corrected chi connectivity index (χ2v) is 5.60. The van der Waals surface area contributed by atoms with Gasteiger partial charge in [-0.1, -0.05) is 26.7 Å². The molecule has 0 spiro atoms. The maximum atomic E-state index is 12.8. The molecule has 3 nitrogen and oxygen atoms in total. The van der Waals surface area contributed by atoms with Gasteiger partial charge in [0.1, 0.15) is 5.78 Å². The largest absolute Gasteiger partial charge is 0.315 e. The first-order valence-corrected chi connectivity index (χ1v) is 6.65. The first-order chi connectivity index (χ1) is 7.69. The van der Waals surface area contributed by atoms with Crippen molar-refractivity contribution in [3.63, 3.8) is 0 Å². The third-order valence-electron chi connectivity index (χ3n) is 4.27. The normalized spacial score (nSPS) is 38.8. The number of carbonyl (C=O) groups excluding carboxylic acids is 1. The number of hydrogen-bond acceptors (Lipinski definition) is 3. The van der Waals surface area contributed by atoms with E-state index in [9.17, 15) is 4.79 Å². The molecule has 16 heavy (non-hydrogen) atoms. The van der Waals surface area contributed by atoms with E-state index in [1.165, 1.54) is 0 Å². The SMILES string of the molecule is CCCC12CNCC(CCC)(CNC1)C2=O. The first-order valence-electron chi connectivity index (χ1n) is 6.65. The average molecular weight is 224 g/mol. The molecule has 0 aromatic rings. The highest BCUT2D eigenvalue weighted by molar-refractivity contribution is 5.93. The highest BCUT2D eigenvalue weighted by atomic mass is 16.1. The summed E-state index contributed by atoms with van der Waals surface area (Å²) in [6.45, 7) is 7.84. The van der Waals surface area contributed by atoms with Crippen LogP contribution in [0.3, 0.4) is 0 Å². The fraction of sp³-hybridized carbons (Fsp3) is 0.923. The molecular formula is C13H24N2O. The lowest BCUT2D eigenvalue weighted by molar-refractivity contribution is -0.146. The van der Waals surface area contributed by atoms with Gasteiger partial charge in [0, 0.05) is 26.2 Å². The molecular weight excluding hydrogens is 200 g/mol. The van der Waals surface area contributed by atoms with Gasteiger partial charge < -0.3 is 10.6 Å². The summed E-state index contributed by atoms with van der Waals surface area (Å²) in [6, 6.07) is 0. The molecule has 0 atom stereocenters. The van der Waals surface area contributed by atoms with Crippen LogP contribution in [-0.2, 0) is 4.79 Å². The van der Waals surface area contributed by atoms with Gasteiger partial charge in [0.2, 0.25) is 0 Å². The van der Waals surface area contributed by atoms with Crippen molar-refractivity contribution >= 4 is 5.78 Å². The third-order valence-corrected chi connectivity index (χ3v) is 4.27. The van der Waals surface area contributed by atoms with Gasteiger partial charge in [-0.05, 0) is 12.8 Å². The van der Waals surface area contributed by atoms with Crippen LogP contribution in [-0.4, -0.2) is 32.0 Å². The lowest BCUT2D eigenvalue weighted by Crippen LogP contribution is -2.68. The molecule has 0 saturated carbocycles.